The molecular weight excluding hydrogens is 315 g/mol. The largest absolute Gasteiger partial charge is 0.480 e. The SMILES string of the molecule is CNS(=O)(=O)c1cc(C(=O)N2CCC[C@@H]2C(=O)O)ccc1F. The van der Waals surface area contributed by atoms with Crippen LogP contribution in [0.5, 0.6) is 0 Å². The minimum Gasteiger partial charge on any atom is -0.480 e. The van der Waals surface area contributed by atoms with E-state index in [1.165, 1.54) is 0 Å². The number of hydrogen-bond donors (Lipinski definition) is 2. The van der Waals surface area contributed by atoms with Crippen LogP contribution in [0.15, 0.2) is 23.1 Å². The Hall–Kier alpha value is -2.00. The van der Waals surface area contributed by atoms with Crippen molar-refractivity contribution in [2.45, 2.75) is 23.8 Å². The molecule has 7 nitrogen and oxygen atoms in total. The number of aliphatic carboxylic acids is 1. The van der Waals surface area contributed by atoms with E-state index in [1.54, 1.807) is 0 Å². The Kier molecular flexibility index (Phi) is 4.47. The van der Waals surface area contributed by atoms with E-state index in [4.69, 9.17) is 5.11 Å². The van der Waals surface area contributed by atoms with Crippen molar-refractivity contribution in [1.29, 1.82) is 0 Å². The molecule has 0 aromatic heterocycles. The van der Waals surface area contributed by atoms with E-state index in [-0.39, 0.29) is 12.1 Å². The van der Waals surface area contributed by atoms with Gasteiger partial charge in [-0.1, -0.05) is 0 Å². The molecule has 1 amide bonds. The summed E-state index contributed by atoms with van der Waals surface area (Å²) in [5.41, 5.74) is -0.0663. The molecule has 1 fully saturated rings. The number of hydrogen-bond acceptors (Lipinski definition) is 4. The fourth-order valence-corrected chi connectivity index (χ4v) is 3.21. The van der Waals surface area contributed by atoms with Crippen LogP contribution in [0.3, 0.4) is 0 Å². The minimum absolute atomic E-state index is 0.0663. The van der Waals surface area contributed by atoms with Gasteiger partial charge in [-0.2, -0.15) is 0 Å². The third-order valence-electron chi connectivity index (χ3n) is 3.54. The van der Waals surface area contributed by atoms with Gasteiger partial charge in [0, 0.05) is 12.1 Å². The van der Waals surface area contributed by atoms with Gasteiger partial charge in [0.2, 0.25) is 10.0 Å². The first-order chi connectivity index (χ1) is 10.3. The summed E-state index contributed by atoms with van der Waals surface area (Å²) in [5, 5.41) is 9.09. The Balaban J connectivity index is 2.39. The lowest BCUT2D eigenvalue weighted by Gasteiger charge is -2.21. The van der Waals surface area contributed by atoms with Crippen molar-refractivity contribution < 1.29 is 27.5 Å². The van der Waals surface area contributed by atoms with Crippen molar-refractivity contribution in [2.75, 3.05) is 13.6 Å². The van der Waals surface area contributed by atoms with Gasteiger partial charge in [-0.15, -0.1) is 0 Å². The summed E-state index contributed by atoms with van der Waals surface area (Å²) in [6.45, 7) is 0.265. The van der Waals surface area contributed by atoms with Crippen LogP contribution < -0.4 is 4.72 Å². The summed E-state index contributed by atoms with van der Waals surface area (Å²) in [4.78, 5) is 24.0. The van der Waals surface area contributed by atoms with Crippen molar-refractivity contribution in [3.05, 3.63) is 29.6 Å². The number of carbonyl (C=O) groups is 2. The second kappa shape index (κ2) is 6.01. The molecule has 22 heavy (non-hydrogen) atoms. The zero-order chi connectivity index (χ0) is 16.5. The summed E-state index contributed by atoms with van der Waals surface area (Å²) in [6.07, 6.45) is 0.884. The maximum absolute atomic E-state index is 13.7. The first-order valence-electron chi connectivity index (χ1n) is 6.55. The first kappa shape index (κ1) is 16.4. The number of amides is 1. The molecule has 0 bridgehead atoms. The van der Waals surface area contributed by atoms with Crippen LogP contribution in [0.1, 0.15) is 23.2 Å². The summed E-state index contributed by atoms with van der Waals surface area (Å²) in [5.74, 6) is -2.73. The zero-order valence-electron chi connectivity index (χ0n) is 11.7. The van der Waals surface area contributed by atoms with Gasteiger partial charge < -0.3 is 10.0 Å². The molecule has 0 spiro atoms. The van der Waals surface area contributed by atoms with Crippen LogP contribution in [-0.4, -0.2) is 49.9 Å². The van der Waals surface area contributed by atoms with Gasteiger partial charge in [-0.3, -0.25) is 4.79 Å². The molecule has 1 aromatic carbocycles. The molecule has 1 saturated heterocycles. The molecule has 120 valence electrons. The van der Waals surface area contributed by atoms with Gasteiger partial charge in [0.1, 0.15) is 16.8 Å². The standard InChI is InChI=1S/C13H15FN2O5S/c1-15-22(20,21)11-7-8(4-5-9(11)14)12(17)16-6-2-3-10(16)13(18)19/h4-5,7,10,15H,2-3,6H2,1H3,(H,18,19)/t10-/m1/s1. The lowest BCUT2D eigenvalue weighted by atomic mass is 10.1. The number of nitrogens with one attached hydrogen (secondary N) is 1. The van der Waals surface area contributed by atoms with E-state index in [0.717, 1.165) is 30.1 Å². The number of halogens is 1. The molecule has 0 unspecified atom stereocenters. The van der Waals surface area contributed by atoms with Crippen molar-refractivity contribution >= 4 is 21.9 Å². The van der Waals surface area contributed by atoms with E-state index < -0.39 is 38.7 Å². The van der Waals surface area contributed by atoms with Gasteiger partial charge in [-0.05, 0) is 38.1 Å². The molecule has 2 rings (SSSR count). The Bertz CT molecular complexity index is 719. The second-order valence-corrected chi connectivity index (χ2v) is 6.70. The lowest BCUT2D eigenvalue weighted by molar-refractivity contribution is -0.141. The van der Waals surface area contributed by atoms with Crippen molar-refractivity contribution in [2.24, 2.45) is 0 Å². The van der Waals surface area contributed by atoms with Crippen LogP contribution in [-0.2, 0) is 14.8 Å². The van der Waals surface area contributed by atoms with Crippen LogP contribution >= 0.6 is 0 Å². The molecule has 1 aromatic rings. The molecular formula is C13H15FN2O5S. The molecule has 2 N–H and O–H groups in total. The fraction of sp³-hybridized carbons (Fsp3) is 0.385. The molecule has 1 aliphatic heterocycles. The van der Waals surface area contributed by atoms with E-state index in [1.807, 2.05) is 4.72 Å². The molecule has 1 heterocycles. The van der Waals surface area contributed by atoms with Crippen molar-refractivity contribution in [1.82, 2.24) is 9.62 Å². The number of rotatable bonds is 4. The lowest BCUT2D eigenvalue weighted by Crippen LogP contribution is -2.40. The number of carboxylic acid groups (broad SMARTS) is 1. The third-order valence-corrected chi connectivity index (χ3v) is 4.96. The normalized spacial score (nSPS) is 18.5. The van der Waals surface area contributed by atoms with Gasteiger partial charge >= 0.3 is 5.97 Å². The average Bonchev–Trinajstić information content (AvgIpc) is 2.96. The van der Waals surface area contributed by atoms with Crippen LogP contribution in [0, 0.1) is 5.82 Å². The number of sulfonamides is 1. The third kappa shape index (κ3) is 2.95. The Morgan fingerprint density at radius 3 is 2.68 bits per heavy atom. The zero-order valence-corrected chi connectivity index (χ0v) is 12.6. The minimum atomic E-state index is -4.05. The number of benzene rings is 1. The molecule has 1 atom stereocenters. The molecule has 0 aliphatic carbocycles. The quantitative estimate of drug-likeness (QED) is 0.833. The van der Waals surface area contributed by atoms with Crippen molar-refractivity contribution in [3.63, 3.8) is 0 Å². The van der Waals surface area contributed by atoms with Gasteiger partial charge in [0.15, 0.2) is 0 Å². The van der Waals surface area contributed by atoms with E-state index in [9.17, 15) is 22.4 Å². The number of carboxylic acids is 1. The van der Waals surface area contributed by atoms with Crippen LogP contribution in [0.25, 0.3) is 0 Å². The molecule has 0 radical (unpaired) electrons. The van der Waals surface area contributed by atoms with Crippen LogP contribution in [0.2, 0.25) is 0 Å². The maximum Gasteiger partial charge on any atom is 0.326 e. The molecule has 0 saturated carbocycles. The highest BCUT2D eigenvalue weighted by atomic mass is 32.2. The topological polar surface area (TPSA) is 104 Å². The highest BCUT2D eigenvalue weighted by Crippen LogP contribution is 2.22. The summed E-state index contributed by atoms with van der Waals surface area (Å²) >= 11 is 0. The summed E-state index contributed by atoms with van der Waals surface area (Å²) in [6, 6.07) is 2.00. The van der Waals surface area contributed by atoms with Gasteiger partial charge in [0.05, 0.1) is 0 Å². The predicted octanol–water partition coefficient (Wildman–Crippen LogP) is 0.423. The van der Waals surface area contributed by atoms with Gasteiger partial charge in [0.25, 0.3) is 5.91 Å². The van der Waals surface area contributed by atoms with Gasteiger partial charge in [-0.25, -0.2) is 22.3 Å². The molecule has 1 aliphatic rings. The first-order valence-corrected chi connectivity index (χ1v) is 8.03. The van der Waals surface area contributed by atoms with E-state index >= 15 is 0 Å². The maximum atomic E-state index is 13.7. The number of likely N-dealkylation sites (tertiary alicyclic amines) is 1. The smallest absolute Gasteiger partial charge is 0.326 e. The Morgan fingerprint density at radius 2 is 2.09 bits per heavy atom. The fourth-order valence-electron chi connectivity index (χ4n) is 2.38. The Morgan fingerprint density at radius 1 is 1.41 bits per heavy atom. The summed E-state index contributed by atoms with van der Waals surface area (Å²) < 4.78 is 39.1. The highest BCUT2D eigenvalue weighted by Gasteiger charge is 2.35. The van der Waals surface area contributed by atoms with E-state index in [0.29, 0.717) is 12.8 Å². The summed E-state index contributed by atoms with van der Waals surface area (Å²) in [7, 11) is -2.92. The Labute approximate surface area is 126 Å². The molecule has 9 heteroatoms. The second-order valence-electron chi connectivity index (χ2n) is 4.85. The predicted molar refractivity (Wildman–Crippen MR) is 74.3 cm³/mol. The number of nitrogens with zero attached hydrogens (tertiary/aromatic N) is 1. The van der Waals surface area contributed by atoms with E-state index in [2.05, 4.69) is 0 Å². The average molecular weight is 330 g/mol. The number of carbonyl (C=O) groups excluding carboxylic acids is 1. The monoisotopic (exact) mass is 330 g/mol. The highest BCUT2D eigenvalue weighted by molar-refractivity contribution is 7.89. The van der Waals surface area contributed by atoms with Crippen LogP contribution in [0.4, 0.5) is 4.39 Å². The van der Waals surface area contributed by atoms with Crippen molar-refractivity contribution in [3.8, 4) is 0 Å².